The number of carbonyl (C=O) groups excluding carboxylic acids is 1. The van der Waals surface area contributed by atoms with Crippen LogP contribution in [0.2, 0.25) is 5.02 Å². The minimum Gasteiger partial charge on any atom is -0.497 e. The quantitative estimate of drug-likeness (QED) is 0.518. The first-order chi connectivity index (χ1) is 17.0. The third-order valence-corrected chi connectivity index (χ3v) is 6.88. The number of halogens is 1. The first kappa shape index (κ1) is 23.2. The van der Waals surface area contributed by atoms with E-state index in [1.54, 1.807) is 12.0 Å². The first-order valence-corrected chi connectivity index (χ1v) is 12.3. The fraction of sp³-hybridized carbons (Fsp3) is 0.286. The number of carbonyl (C=O) groups is 1. The smallest absolute Gasteiger partial charge is 0.259 e. The van der Waals surface area contributed by atoms with Crippen LogP contribution in [0.25, 0.3) is 0 Å². The highest BCUT2D eigenvalue weighted by molar-refractivity contribution is 6.31. The zero-order chi connectivity index (χ0) is 24.4. The normalized spacial score (nSPS) is 18.1. The highest BCUT2D eigenvalue weighted by Crippen LogP contribution is 2.30. The van der Waals surface area contributed by atoms with Gasteiger partial charge in [-0.1, -0.05) is 41.9 Å². The Balaban J connectivity index is 1.39. The number of amides is 1. The molecule has 0 aliphatic carbocycles. The molecular formula is C28H29ClN4O2. The molecule has 3 aromatic carbocycles. The van der Waals surface area contributed by atoms with Crippen LogP contribution in [0.5, 0.6) is 5.75 Å². The molecule has 2 aliphatic rings. The molecule has 0 radical (unpaired) electrons. The Bertz CT molecular complexity index is 1220. The second-order valence-corrected chi connectivity index (χ2v) is 9.35. The second-order valence-electron chi connectivity index (χ2n) is 8.91. The van der Waals surface area contributed by atoms with Crippen LogP contribution in [-0.4, -0.2) is 56.1 Å². The molecule has 1 saturated heterocycles. The maximum atomic E-state index is 13.7. The van der Waals surface area contributed by atoms with Crippen molar-refractivity contribution in [3.05, 3.63) is 88.9 Å². The van der Waals surface area contributed by atoms with Gasteiger partial charge in [-0.25, -0.2) is 9.89 Å². The van der Waals surface area contributed by atoms with Crippen LogP contribution in [-0.2, 0) is 11.2 Å². The number of methoxy groups -OCH3 is 1. The molecule has 1 fully saturated rings. The summed E-state index contributed by atoms with van der Waals surface area (Å²) in [6, 6.07) is 23.4. The third kappa shape index (κ3) is 4.84. The van der Waals surface area contributed by atoms with E-state index in [9.17, 15) is 4.79 Å². The summed E-state index contributed by atoms with van der Waals surface area (Å²) >= 11 is 6.22. The molecule has 2 heterocycles. The average Bonchev–Trinajstić information content (AvgIpc) is 3.20. The summed E-state index contributed by atoms with van der Waals surface area (Å²) in [6.45, 7) is 5.23. The van der Waals surface area contributed by atoms with E-state index in [4.69, 9.17) is 21.3 Å². The summed E-state index contributed by atoms with van der Waals surface area (Å²) in [5.74, 6) is 1.59. The molecule has 0 aromatic heterocycles. The second kappa shape index (κ2) is 10.0. The Morgan fingerprint density at radius 3 is 2.29 bits per heavy atom. The maximum absolute atomic E-state index is 13.7. The van der Waals surface area contributed by atoms with Crippen molar-refractivity contribution in [3.8, 4) is 5.75 Å². The molecule has 1 amide bonds. The summed E-state index contributed by atoms with van der Waals surface area (Å²) in [6.07, 6.45) is 0.581. The summed E-state index contributed by atoms with van der Waals surface area (Å²) < 4.78 is 5.29. The lowest BCUT2D eigenvalue weighted by atomic mass is 10.1. The van der Waals surface area contributed by atoms with Crippen molar-refractivity contribution in [3.63, 3.8) is 0 Å². The number of nitrogens with zero attached hydrogens (tertiary/aromatic N) is 4. The summed E-state index contributed by atoms with van der Waals surface area (Å²) in [5.41, 5.74) is 4.07. The van der Waals surface area contributed by atoms with E-state index in [0.29, 0.717) is 11.4 Å². The lowest BCUT2D eigenvalue weighted by Crippen LogP contribution is -2.53. The molecule has 5 rings (SSSR count). The Kier molecular flexibility index (Phi) is 6.64. The molecule has 6 nitrogen and oxygen atoms in total. The van der Waals surface area contributed by atoms with Gasteiger partial charge in [-0.05, 0) is 60.5 Å². The van der Waals surface area contributed by atoms with Gasteiger partial charge in [0, 0.05) is 43.3 Å². The molecule has 7 heteroatoms. The van der Waals surface area contributed by atoms with Crippen molar-refractivity contribution < 1.29 is 9.53 Å². The van der Waals surface area contributed by atoms with Crippen molar-refractivity contribution in [1.82, 2.24) is 4.90 Å². The number of anilines is 2. The number of guanidine groups is 1. The molecule has 2 aliphatic heterocycles. The number of ether oxygens (including phenoxy) is 1. The van der Waals surface area contributed by atoms with E-state index in [0.717, 1.165) is 54.7 Å². The van der Waals surface area contributed by atoms with E-state index in [2.05, 4.69) is 21.9 Å². The van der Waals surface area contributed by atoms with Gasteiger partial charge in [0.05, 0.1) is 12.8 Å². The van der Waals surface area contributed by atoms with Gasteiger partial charge in [-0.15, -0.1) is 0 Å². The largest absolute Gasteiger partial charge is 0.497 e. The molecule has 3 aromatic rings. The van der Waals surface area contributed by atoms with Gasteiger partial charge in [0.25, 0.3) is 5.91 Å². The summed E-state index contributed by atoms with van der Waals surface area (Å²) in [4.78, 5) is 25.0. The first-order valence-electron chi connectivity index (χ1n) is 11.9. The zero-order valence-electron chi connectivity index (χ0n) is 20.0. The third-order valence-electron chi connectivity index (χ3n) is 6.65. The van der Waals surface area contributed by atoms with Crippen LogP contribution in [0.1, 0.15) is 11.1 Å². The highest BCUT2D eigenvalue weighted by atomic mass is 35.5. The summed E-state index contributed by atoms with van der Waals surface area (Å²) in [5, 5.41) is 0.658. The fourth-order valence-electron chi connectivity index (χ4n) is 4.75. The highest BCUT2D eigenvalue weighted by Gasteiger charge is 2.39. The molecule has 1 unspecified atom stereocenters. The van der Waals surface area contributed by atoms with Crippen LogP contribution in [0.15, 0.2) is 77.8 Å². The molecule has 0 saturated carbocycles. The number of aliphatic imine (C=N–C) groups is 1. The number of hydrogen-bond acceptors (Lipinski definition) is 5. The minimum absolute atomic E-state index is 0.00635. The van der Waals surface area contributed by atoms with Crippen LogP contribution in [0.4, 0.5) is 11.4 Å². The van der Waals surface area contributed by atoms with Crippen LogP contribution < -0.4 is 14.5 Å². The number of rotatable bonds is 5. The van der Waals surface area contributed by atoms with E-state index in [1.807, 2.05) is 67.6 Å². The van der Waals surface area contributed by atoms with Crippen molar-refractivity contribution in [2.75, 3.05) is 43.1 Å². The Hall–Kier alpha value is -3.51. The van der Waals surface area contributed by atoms with Crippen molar-refractivity contribution >= 4 is 34.8 Å². The van der Waals surface area contributed by atoms with Crippen LogP contribution >= 0.6 is 11.6 Å². The lowest BCUT2D eigenvalue weighted by Gasteiger charge is -2.39. The van der Waals surface area contributed by atoms with Gasteiger partial charge in [-0.3, -0.25) is 4.79 Å². The van der Waals surface area contributed by atoms with Gasteiger partial charge in [0.15, 0.2) is 0 Å². The van der Waals surface area contributed by atoms with E-state index in [-0.39, 0.29) is 5.91 Å². The topological polar surface area (TPSA) is 48.4 Å². The summed E-state index contributed by atoms with van der Waals surface area (Å²) in [7, 11) is 1.68. The number of piperazine rings is 1. The monoisotopic (exact) mass is 488 g/mol. The van der Waals surface area contributed by atoms with Crippen LogP contribution in [0, 0.1) is 6.92 Å². The standard InChI is InChI=1S/C28H29ClN4O2/c1-20-18-22(29)8-13-26(20)33-27(34)25(19-21-6-4-3-5-7-21)30-28(33)32-16-14-31(15-17-32)23-9-11-24(35-2)12-10-23/h3-13,18,25H,14-17,19H2,1-2H3. The molecule has 0 N–H and O–H groups in total. The maximum Gasteiger partial charge on any atom is 0.259 e. The van der Waals surface area contributed by atoms with Gasteiger partial charge in [0.2, 0.25) is 5.96 Å². The lowest BCUT2D eigenvalue weighted by molar-refractivity contribution is -0.118. The van der Waals surface area contributed by atoms with E-state index in [1.165, 1.54) is 5.69 Å². The van der Waals surface area contributed by atoms with Crippen molar-refractivity contribution in [2.45, 2.75) is 19.4 Å². The SMILES string of the molecule is COc1ccc(N2CCN(C3=NC(Cc4ccccc4)C(=O)N3c3ccc(Cl)cc3C)CC2)cc1. The molecule has 180 valence electrons. The number of aryl methyl sites for hydroxylation is 1. The van der Waals surface area contributed by atoms with Gasteiger partial charge in [-0.2, -0.15) is 0 Å². The Morgan fingerprint density at radius 2 is 1.63 bits per heavy atom. The van der Waals surface area contributed by atoms with E-state index >= 15 is 0 Å². The van der Waals surface area contributed by atoms with Crippen LogP contribution in [0.3, 0.4) is 0 Å². The predicted molar refractivity (Wildman–Crippen MR) is 142 cm³/mol. The van der Waals surface area contributed by atoms with Gasteiger partial charge < -0.3 is 14.5 Å². The molecule has 1 atom stereocenters. The molecular weight excluding hydrogens is 460 g/mol. The molecule has 0 bridgehead atoms. The minimum atomic E-state index is -0.443. The van der Waals surface area contributed by atoms with E-state index < -0.39 is 6.04 Å². The van der Waals surface area contributed by atoms with Crippen molar-refractivity contribution in [2.24, 2.45) is 4.99 Å². The Morgan fingerprint density at radius 1 is 0.943 bits per heavy atom. The van der Waals surface area contributed by atoms with Crippen molar-refractivity contribution in [1.29, 1.82) is 0 Å². The molecule has 0 spiro atoms. The Labute approximate surface area is 211 Å². The predicted octanol–water partition coefficient (Wildman–Crippen LogP) is 4.79. The van der Waals surface area contributed by atoms with Gasteiger partial charge >= 0.3 is 0 Å². The average molecular weight is 489 g/mol. The molecule has 35 heavy (non-hydrogen) atoms. The zero-order valence-corrected chi connectivity index (χ0v) is 20.8. The van der Waals surface area contributed by atoms with Gasteiger partial charge in [0.1, 0.15) is 11.8 Å². The number of benzene rings is 3. The fourth-order valence-corrected chi connectivity index (χ4v) is 4.97. The number of hydrogen-bond donors (Lipinski definition) is 0.